The van der Waals surface area contributed by atoms with E-state index >= 15 is 0 Å². The average Bonchev–Trinajstić information content (AvgIpc) is 3.13. The highest BCUT2D eigenvalue weighted by atomic mass is 35.5. The zero-order chi connectivity index (χ0) is 21.4. The Bertz CT molecular complexity index is 1120. The van der Waals surface area contributed by atoms with Crippen LogP contribution >= 0.6 is 12.4 Å². The van der Waals surface area contributed by atoms with E-state index in [4.69, 9.17) is 0 Å². The normalized spacial score (nSPS) is 14.5. The maximum absolute atomic E-state index is 11.7. The Balaban J connectivity index is 0.00000272. The fourth-order valence-electron chi connectivity index (χ4n) is 4.87. The lowest BCUT2D eigenvalue weighted by Crippen LogP contribution is -2.33. The van der Waals surface area contributed by atoms with Gasteiger partial charge in [-0.15, -0.1) is 12.4 Å². The van der Waals surface area contributed by atoms with E-state index in [-0.39, 0.29) is 23.7 Å². The monoisotopic (exact) mass is 442 g/mol. The minimum atomic E-state index is -0.736. The molecule has 0 unspecified atom stereocenters. The molecule has 4 N–H and O–H groups in total. The van der Waals surface area contributed by atoms with E-state index in [1.165, 1.54) is 28.3 Å². The maximum Gasteiger partial charge on any atom is 0.248 e. The number of fused-ring (bicyclic) bond motifs is 2. The van der Waals surface area contributed by atoms with E-state index in [1.54, 1.807) is 12.1 Å². The first-order valence-corrected chi connectivity index (χ1v) is 10.8. The zero-order valence-electron chi connectivity index (χ0n) is 18.3. The molecule has 1 aliphatic rings. The number of phenols is 1. The highest BCUT2D eigenvalue weighted by Gasteiger charge is 2.24. The molecule has 6 heteroatoms. The fourth-order valence-corrected chi connectivity index (χ4v) is 4.87. The molecule has 4 rings (SSSR count). The van der Waals surface area contributed by atoms with Crippen LogP contribution < -0.4 is 10.9 Å². The van der Waals surface area contributed by atoms with Gasteiger partial charge in [-0.25, -0.2) is 0 Å². The van der Waals surface area contributed by atoms with Crippen LogP contribution in [0.2, 0.25) is 0 Å². The molecular weight excluding hydrogens is 412 g/mol. The third-order valence-electron chi connectivity index (χ3n) is 6.39. The van der Waals surface area contributed by atoms with Gasteiger partial charge in [0.25, 0.3) is 0 Å². The van der Waals surface area contributed by atoms with E-state index in [9.17, 15) is 15.0 Å². The van der Waals surface area contributed by atoms with E-state index in [0.29, 0.717) is 23.5 Å². The van der Waals surface area contributed by atoms with Crippen LogP contribution in [0, 0.1) is 6.92 Å². The van der Waals surface area contributed by atoms with Crippen molar-refractivity contribution in [2.45, 2.75) is 58.6 Å². The maximum atomic E-state index is 11.7. The summed E-state index contributed by atoms with van der Waals surface area (Å²) in [6.07, 6.45) is 3.33. The number of aliphatic hydroxyl groups is 1. The molecule has 0 saturated carbocycles. The predicted molar refractivity (Wildman–Crippen MR) is 128 cm³/mol. The van der Waals surface area contributed by atoms with Crippen molar-refractivity contribution in [2.75, 3.05) is 6.54 Å². The Kier molecular flexibility index (Phi) is 7.10. The van der Waals surface area contributed by atoms with Crippen molar-refractivity contribution >= 4 is 23.3 Å². The van der Waals surface area contributed by atoms with Crippen molar-refractivity contribution in [1.82, 2.24) is 10.3 Å². The van der Waals surface area contributed by atoms with Crippen molar-refractivity contribution in [3.63, 3.8) is 0 Å². The fraction of sp³-hybridized carbons (Fsp3) is 0.400. The van der Waals surface area contributed by atoms with Gasteiger partial charge in [0.15, 0.2) is 0 Å². The van der Waals surface area contributed by atoms with E-state index in [1.807, 2.05) is 6.92 Å². The van der Waals surface area contributed by atoms with Gasteiger partial charge >= 0.3 is 0 Å². The second-order valence-corrected chi connectivity index (χ2v) is 8.36. The molecule has 0 spiro atoms. The number of halogens is 1. The molecule has 0 aliphatic heterocycles. The standard InChI is InChI=1S/C25H30N2O3.ClH/c1-4-15-9-17-11-19(12-18(17)10-16(15)5-2)26-13-22(29)24-14(3)8-21(28)25-20(24)6-7-23(30)27-25;/h6-10,19,22,26,28-29H,4-5,11-13H2,1-3H3,(H,27,30);1H/t22-;/m0./s1. The molecule has 1 atom stereocenters. The second kappa shape index (κ2) is 9.43. The molecule has 3 aromatic rings. The molecule has 166 valence electrons. The zero-order valence-corrected chi connectivity index (χ0v) is 19.1. The van der Waals surface area contributed by atoms with Gasteiger partial charge in [-0.3, -0.25) is 4.79 Å². The first kappa shape index (κ1) is 23.3. The summed E-state index contributed by atoms with van der Waals surface area (Å²) >= 11 is 0. The van der Waals surface area contributed by atoms with Gasteiger partial charge in [0.05, 0.1) is 11.6 Å². The number of aromatic nitrogens is 1. The number of nitrogens with one attached hydrogen (secondary N) is 2. The van der Waals surface area contributed by atoms with Crippen molar-refractivity contribution in [3.8, 4) is 5.75 Å². The molecule has 2 aromatic carbocycles. The number of aliphatic hydroxyl groups excluding tert-OH is 1. The van der Waals surface area contributed by atoms with Crippen molar-refractivity contribution < 1.29 is 10.2 Å². The number of pyridine rings is 1. The van der Waals surface area contributed by atoms with Crippen molar-refractivity contribution in [2.24, 2.45) is 0 Å². The molecule has 0 radical (unpaired) electrons. The van der Waals surface area contributed by atoms with E-state index in [2.05, 4.69) is 36.3 Å². The summed E-state index contributed by atoms with van der Waals surface area (Å²) in [5, 5.41) is 25.4. The van der Waals surface area contributed by atoms with Gasteiger partial charge in [-0.2, -0.15) is 0 Å². The third-order valence-corrected chi connectivity index (χ3v) is 6.39. The Morgan fingerprint density at radius 1 is 1.10 bits per heavy atom. The van der Waals surface area contributed by atoms with E-state index in [0.717, 1.165) is 36.8 Å². The number of aromatic hydroxyl groups is 1. The van der Waals surface area contributed by atoms with Gasteiger partial charge in [-0.05, 0) is 78.1 Å². The first-order valence-electron chi connectivity index (χ1n) is 10.8. The SMILES string of the molecule is CCc1cc2c(cc1CC)CC(NC[C@H](O)c1c(C)cc(O)c3[nH]c(=O)ccc13)C2.Cl. The van der Waals surface area contributed by atoms with Crippen LogP contribution in [0.5, 0.6) is 5.75 Å². The summed E-state index contributed by atoms with van der Waals surface area (Å²) in [5.41, 5.74) is 7.35. The van der Waals surface area contributed by atoms with Crippen LogP contribution in [0.25, 0.3) is 10.9 Å². The number of hydrogen-bond acceptors (Lipinski definition) is 4. The smallest absolute Gasteiger partial charge is 0.248 e. The van der Waals surface area contributed by atoms with Crippen LogP contribution in [-0.2, 0) is 25.7 Å². The van der Waals surface area contributed by atoms with Crippen LogP contribution in [0.15, 0.2) is 35.1 Å². The Hall–Kier alpha value is -2.34. The number of aromatic amines is 1. The highest BCUT2D eigenvalue weighted by molar-refractivity contribution is 5.88. The Morgan fingerprint density at radius 2 is 1.71 bits per heavy atom. The van der Waals surface area contributed by atoms with Gasteiger partial charge in [0, 0.05) is 24.0 Å². The van der Waals surface area contributed by atoms with Gasteiger partial charge in [0.2, 0.25) is 5.56 Å². The molecular formula is C25H31ClN2O3. The summed E-state index contributed by atoms with van der Waals surface area (Å²) in [4.78, 5) is 14.3. The van der Waals surface area contributed by atoms with Gasteiger partial charge < -0.3 is 20.5 Å². The molecule has 0 bridgehead atoms. The molecule has 1 aliphatic carbocycles. The summed E-state index contributed by atoms with van der Waals surface area (Å²) in [6.45, 7) is 6.70. The summed E-state index contributed by atoms with van der Waals surface area (Å²) in [6, 6.07) is 9.72. The Labute approximate surface area is 188 Å². The molecule has 0 saturated heterocycles. The Morgan fingerprint density at radius 3 is 2.29 bits per heavy atom. The highest BCUT2D eigenvalue weighted by Crippen LogP contribution is 2.32. The van der Waals surface area contributed by atoms with Crippen LogP contribution in [0.1, 0.15) is 53.3 Å². The predicted octanol–water partition coefficient (Wildman–Crippen LogP) is 3.88. The topological polar surface area (TPSA) is 85.3 Å². The molecule has 0 fully saturated rings. The molecule has 5 nitrogen and oxygen atoms in total. The van der Waals surface area contributed by atoms with Gasteiger partial charge in [-0.1, -0.05) is 26.0 Å². The number of phenolic OH excluding ortho intramolecular Hbond substituents is 1. The van der Waals surface area contributed by atoms with Crippen LogP contribution in [-0.4, -0.2) is 27.8 Å². The van der Waals surface area contributed by atoms with Crippen molar-refractivity contribution in [3.05, 3.63) is 74.1 Å². The largest absolute Gasteiger partial charge is 0.506 e. The van der Waals surface area contributed by atoms with E-state index < -0.39 is 6.10 Å². The summed E-state index contributed by atoms with van der Waals surface area (Å²) in [5.74, 6) is 0.0220. The lowest BCUT2D eigenvalue weighted by atomic mass is 9.97. The lowest BCUT2D eigenvalue weighted by Gasteiger charge is -2.20. The van der Waals surface area contributed by atoms with Crippen molar-refractivity contribution in [1.29, 1.82) is 0 Å². The quantitative estimate of drug-likeness (QED) is 0.466. The minimum absolute atomic E-state index is 0. The number of hydrogen-bond donors (Lipinski definition) is 4. The third kappa shape index (κ3) is 4.49. The molecule has 1 heterocycles. The van der Waals surface area contributed by atoms with Crippen LogP contribution in [0.4, 0.5) is 0 Å². The summed E-state index contributed by atoms with van der Waals surface area (Å²) in [7, 11) is 0. The van der Waals surface area contributed by atoms with Gasteiger partial charge in [0.1, 0.15) is 5.75 Å². The van der Waals surface area contributed by atoms with Crippen LogP contribution in [0.3, 0.4) is 0 Å². The average molecular weight is 443 g/mol. The first-order chi connectivity index (χ1) is 14.4. The lowest BCUT2D eigenvalue weighted by molar-refractivity contribution is 0.171. The molecule has 31 heavy (non-hydrogen) atoms. The number of H-pyrrole nitrogens is 1. The minimum Gasteiger partial charge on any atom is -0.506 e. The second-order valence-electron chi connectivity index (χ2n) is 8.36. The number of rotatable bonds is 6. The number of aryl methyl sites for hydroxylation is 3. The number of benzene rings is 2. The summed E-state index contributed by atoms with van der Waals surface area (Å²) < 4.78 is 0. The molecule has 1 aromatic heterocycles. The molecule has 0 amide bonds.